The Hall–Kier alpha value is -2.34. The van der Waals surface area contributed by atoms with Gasteiger partial charge in [-0.15, -0.1) is 11.3 Å². The highest BCUT2D eigenvalue weighted by atomic mass is 32.1. The minimum absolute atomic E-state index is 0.0155. The second kappa shape index (κ2) is 7.72. The number of methoxy groups -OCH3 is 1. The summed E-state index contributed by atoms with van der Waals surface area (Å²) in [6, 6.07) is 6.84. The van der Waals surface area contributed by atoms with E-state index in [2.05, 4.69) is 5.32 Å². The van der Waals surface area contributed by atoms with Crippen molar-refractivity contribution >= 4 is 28.8 Å². The molecule has 2 amide bonds. The van der Waals surface area contributed by atoms with Gasteiger partial charge in [0.15, 0.2) is 0 Å². The fourth-order valence-electron chi connectivity index (χ4n) is 4.01. The van der Waals surface area contributed by atoms with Gasteiger partial charge in [0.25, 0.3) is 5.91 Å². The number of hydrogen-bond acceptors (Lipinski definition) is 4. The van der Waals surface area contributed by atoms with Crippen molar-refractivity contribution in [3.8, 4) is 5.75 Å². The number of anilines is 1. The molecule has 1 fully saturated rings. The number of likely N-dealkylation sites (tertiary alicyclic amines) is 1. The number of ether oxygens (including phenoxy) is 1. The summed E-state index contributed by atoms with van der Waals surface area (Å²) in [6.07, 6.45) is 5.98. The molecular weight excluding hydrogens is 360 g/mol. The number of amides is 2. The molecule has 1 saturated heterocycles. The minimum Gasteiger partial charge on any atom is -0.497 e. The van der Waals surface area contributed by atoms with Gasteiger partial charge in [-0.05, 0) is 68.4 Å². The number of hydrogen-bond donors (Lipinski definition) is 1. The van der Waals surface area contributed by atoms with Crippen LogP contribution in [0.1, 0.15) is 46.5 Å². The number of carbonyl (C=O) groups excluding carboxylic acids is 2. The molecule has 142 valence electrons. The van der Waals surface area contributed by atoms with Gasteiger partial charge in [0.05, 0.1) is 12.7 Å². The van der Waals surface area contributed by atoms with E-state index in [-0.39, 0.29) is 11.8 Å². The Morgan fingerprint density at radius 2 is 1.93 bits per heavy atom. The van der Waals surface area contributed by atoms with Gasteiger partial charge in [-0.3, -0.25) is 9.59 Å². The van der Waals surface area contributed by atoms with E-state index in [1.807, 2.05) is 29.6 Å². The van der Waals surface area contributed by atoms with Crippen LogP contribution in [-0.4, -0.2) is 36.4 Å². The third-order valence-corrected chi connectivity index (χ3v) is 6.55. The molecular formula is C21H24N2O3S. The fourth-order valence-corrected chi connectivity index (χ4v) is 5.13. The van der Waals surface area contributed by atoms with E-state index in [1.165, 1.54) is 16.9 Å². The molecule has 0 spiro atoms. The summed E-state index contributed by atoms with van der Waals surface area (Å²) in [6.45, 7) is 0.643. The molecule has 6 heteroatoms. The Bertz CT molecular complexity index is 844. The van der Waals surface area contributed by atoms with Crippen molar-refractivity contribution in [1.29, 1.82) is 0 Å². The molecule has 1 aliphatic heterocycles. The minimum atomic E-state index is -0.404. The molecule has 1 atom stereocenters. The molecule has 2 heterocycles. The van der Waals surface area contributed by atoms with E-state index in [1.54, 1.807) is 23.3 Å². The number of carbonyl (C=O) groups is 2. The number of nitrogens with one attached hydrogen (secondary N) is 1. The first kappa shape index (κ1) is 18.0. The second-order valence-corrected chi connectivity index (χ2v) is 8.10. The maximum absolute atomic E-state index is 13.2. The van der Waals surface area contributed by atoms with Crippen LogP contribution in [0.4, 0.5) is 5.69 Å². The molecule has 1 aromatic carbocycles. The number of fused-ring (bicyclic) bond motifs is 1. The highest BCUT2D eigenvalue weighted by Gasteiger charge is 2.36. The van der Waals surface area contributed by atoms with Gasteiger partial charge >= 0.3 is 0 Å². The van der Waals surface area contributed by atoms with Gasteiger partial charge in [0, 0.05) is 22.5 Å². The number of thiophene rings is 1. The SMILES string of the molecule is COc1ccc(NC(=O)C2CCCN2C(=O)c2csc3c2CCCC3)cc1. The van der Waals surface area contributed by atoms with Crippen molar-refractivity contribution in [2.75, 3.05) is 19.0 Å². The Labute approximate surface area is 163 Å². The largest absolute Gasteiger partial charge is 0.497 e. The molecule has 2 aromatic rings. The zero-order valence-corrected chi connectivity index (χ0v) is 16.3. The molecule has 0 saturated carbocycles. The summed E-state index contributed by atoms with van der Waals surface area (Å²) in [7, 11) is 1.61. The summed E-state index contributed by atoms with van der Waals surface area (Å²) in [4.78, 5) is 29.1. The molecule has 0 radical (unpaired) electrons. The molecule has 1 N–H and O–H groups in total. The van der Waals surface area contributed by atoms with Crippen LogP contribution in [0.25, 0.3) is 0 Å². The lowest BCUT2D eigenvalue weighted by Gasteiger charge is -2.25. The lowest BCUT2D eigenvalue weighted by Crippen LogP contribution is -2.43. The van der Waals surface area contributed by atoms with Crippen LogP contribution in [0.3, 0.4) is 0 Å². The predicted molar refractivity (Wildman–Crippen MR) is 107 cm³/mol. The smallest absolute Gasteiger partial charge is 0.255 e. The van der Waals surface area contributed by atoms with E-state index in [4.69, 9.17) is 4.74 Å². The van der Waals surface area contributed by atoms with Crippen molar-refractivity contribution in [2.45, 2.75) is 44.6 Å². The monoisotopic (exact) mass is 384 g/mol. The zero-order valence-electron chi connectivity index (χ0n) is 15.5. The molecule has 0 bridgehead atoms. The standard InChI is InChI=1S/C21H24N2O3S/c1-26-15-10-8-14(9-11-15)22-20(24)18-6-4-12-23(18)21(25)17-13-27-19-7-3-2-5-16(17)19/h8-11,13,18H,2-7,12H2,1H3,(H,22,24). The lowest BCUT2D eigenvalue weighted by molar-refractivity contribution is -0.119. The Kier molecular flexibility index (Phi) is 5.16. The van der Waals surface area contributed by atoms with Crippen LogP contribution in [0.2, 0.25) is 0 Å². The van der Waals surface area contributed by atoms with Crippen molar-refractivity contribution in [1.82, 2.24) is 4.90 Å². The quantitative estimate of drug-likeness (QED) is 0.870. The van der Waals surface area contributed by atoms with Crippen molar-refractivity contribution in [2.24, 2.45) is 0 Å². The first-order chi connectivity index (χ1) is 13.2. The van der Waals surface area contributed by atoms with Crippen molar-refractivity contribution in [3.05, 3.63) is 45.6 Å². The molecule has 1 aromatic heterocycles. The topological polar surface area (TPSA) is 58.6 Å². The van der Waals surface area contributed by atoms with Gasteiger partial charge in [0.2, 0.25) is 5.91 Å². The summed E-state index contributed by atoms with van der Waals surface area (Å²) >= 11 is 1.69. The number of aryl methyl sites for hydroxylation is 1. The van der Waals surface area contributed by atoms with E-state index >= 15 is 0 Å². The maximum Gasteiger partial charge on any atom is 0.255 e. The van der Waals surface area contributed by atoms with E-state index < -0.39 is 6.04 Å². The predicted octanol–water partition coefficient (Wildman–Crippen LogP) is 3.88. The molecule has 1 aliphatic carbocycles. The highest BCUT2D eigenvalue weighted by Crippen LogP contribution is 2.32. The van der Waals surface area contributed by atoms with E-state index in [0.29, 0.717) is 18.7 Å². The van der Waals surface area contributed by atoms with Gasteiger partial charge in [-0.1, -0.05) is 0 Å². The van der Waals surface area contributed by atoms with Gasteiger partial charge in [-0.25, -0.2) is 0 Å². The third-order valence-electron chi connectivity index (χ3n) is 5.47. The molecule has 2 aliphatic rings. The average Bonchev–Trinajstić information content (AvgIpc) is 3.35. The maximum atomic E-state index is 13.2. The van der Waals surface area contributed by atoms with Gasteiger partial charge < -0.3 is 15.0 Å². The Balaban J connectivity index is 1.48. The van der Waals surface area contributed by atoms with Crippen molar-refractivity contribution < 1.29 is 14.3 Å². The van der Waals surface area contributed by atoms with E-state index in [0.717, 1.165) is 37.0 Å². The summed E-state index contributed by atoms with van der Waals surface area (Å²) in [5.41, 5.74) is 2.75. The zero-order chi connectivity index (χ0) is 18.8. The number of benzene rings is 1. The summed E-state index contributed by atoms with van der Waals surface area (Å²) < 4.78 is 5.14. The first-order valence-electron chi connectivity index (χ1n) is 9.52. The Morgan fingerprint density at radius 1 is 1.15 bits per heavy atom. The second-order valence-electron chi connectivity index (χ2n) is 7.13. The highest BCUT2D eigenvalue weighted by molar-refractivity contribution is 7.10. The Morgan fingerprint density at radius 3 is 2.70 bits per heavy atom. The third kappa shape index (κ3) is 3.58. The van der Waals surface area contributed by atoms with Crippen LogP contribution >= 0.6 is 11.3 Å². The molecule has 5 nitrogen and oxygen atoms in total. The molecule has 4 rings (SSSR count). The molecule has 1 unspecified atom stereocenters. The lowest BCUT2D eigenvalue weighted by atomic mass is 9.95. The van der Waals surface area contributed by atoms with Crippen LogP contribution in [-0.2, 0) is 17.6 Å². The van der Waals surface area contributed by atoms with Crippen LogP contribution in [0.5, 0.6) is 5.75 Å². The number of nitrogens with zero attached hydrogens (tertiary/aromatic N) is 1. The van der Waals surface area contributed by atoms with Gasteiger partial charge in [0.1, 0.15) is 11.8 Å². The average molecular weight is 385 g/mol. The first-order valence-corrected chi connectivity index (χ1v) is 10.4. The van der Waals surface area contributed by atoms with Crippen molar-refractivity contribution in [3.63, 3.8) is 0 Å². The fraction of sp³-hybridized carbons (Fsp3) is 0.429. The van der Waals surface area contributed by atoms with Crippen LogP contribution in [0, 0.1) is 0 Å². The van der Waals surface area contributed by atoms with Crippen LogP contribution < -0.4 is 10.1 Å². The van der Waals surface area contributed by atoms with E-state index in [9.17, 15) is 9.59 Å². The van der Waals surface area contributed by atoms with Crippen LogP contribution in [0.15, 0.2) is 29.6 Å². The summed E-state index contributed by atoms with van der Waals surface area (Å²) in [5, 5.41) is 4.94. The normalized spacial score (nSPS) is 18.9. The summed E-state index contributed by atoms with van der Waals surface area (Å²) in [5.74, 6) is 0.643. The number of rotatable bonds is 4. The molecule has 27 heavy (non-hydrogen) atoms. The van der Waals surface area contributed by atoms with Gasteiger partial charge in [-0.2, -0.15) is 0 Å².